The number of nitrogens with zero attached hydrogens (tertiary/aromatic N) is 2. The van der Waals surface area contributed by atoms with Gasteiger partial charge in [0.2, 0.25) is 0 Å². The number of methoxy groups -OCH3 is 1. The number of carbonyl (C=O) groups is 2. The molecule has 4 aromatic rings. The van der Waals surface area contributed by atoms with Gasteiger partial charge in [0.25, 0.3) is 10.0 Å². The summed E-state index contributed by atoms with van der Waals surface area (Å²) in [6.07, 6.45) is -0.138. The van der Waals surface area contributed by atoms with E-state index in [9.17, 15) is 28.2 Å². The maximum atomic E-state index is 13.8. The molecule has 0 amide bonds. The fourth-order valence-electron chi connectivity index (χ4n) is 4.66. The summed E-state index contributed by atoms with van der Waals surface area (Å²) in [5.41, 5.74) is 1.75. The first kappa shape index (κ1) is 29.7. The predicted octanol–water partition coefficient (Wildman–Crippen LogP) is 5.65. The van der Waals surface area contributed by atoms with Crippen LogP contribution >= 0.6 is 11.6 Å². The number of aliphatic carboxylic acids is 2. The Hall–Kier alpha value is -4.28. The third-order valence-electron chi connectivity index (χ3n) is 6.65. The maximum Gasteiger partial charge on any atom is 0.324 e. The molecule has 0 unspecified atom stereocenters. The second-order valence-electron chi connectivity index (χ2n) is 9.43. The van der Waals surface area contributed by atoms with E-state index in [1.165, 1.54) is 31.4 Å². The molecule has 11 heteroatoms. The molecule has 214 valence electrons. The zero-order chi connectivity index (χ0) is 29.7. The van der Waals surface area contributed by atoms with Gasteiger partial charge in [-0.25, -0.2) is 8.42 Å². The van der Waals surface area contributed by atoms with E-state index >= 15 is 0 Å². The largest absolute Gasteiger partial charge is 0.497 e. The number of hydrogen-bond acceptors (Lipinski definition) is 6. The van der Waals surface area contributed by atoms with Crippen molar-refractivity contribution in [1.29, 1.82) is 0 Å². The Kier molecular flexibility index (Phi) is 9.05. The van der Waals surface area contributed by atoms with Gasteiger partial charge in [0.05, 0.1) is 24.1 Å². The van der Waals surface area contributed by atoms with E-state index in [1.54, 1.807) is 55.5 Å². The highest BCUT2D eigenvalue weighted by Crippen LogP contribution is 2.38. The van der Waals surface area contributed by atoms with Crippen molar-refractivity contribution in [2.75, 3.05) is 22.9 Å². The van der Waals surface area contributed by atoms with Crippen molar-refractivity contribution in [3.05, 3.63) is 95.5 Å². The number of carboxylic acids is 2. The fourth-order valence-corrected chi connectivity index (χ4v) is 6.22. The van der Waals surface area contributed by atoms with Crippen LogP contribution in [0.3, 0.4) is 0 Å². The lowest BCUT2D eigenvalue weighted by Crippen LogP contribution is -2.36. The van der Waals surface area contributed by atoms with Crippen molar-refractivity contribution in [2.24, 2.45) is 0 Å². The minimum Gasteiger partial charge on any atom is -0.497 e. The molecule has 0 aromatic heterocycles. The normalized spacial score (nSPS) is 12.1. The van der Waals surface area contributed by atoms with E-state index in [-0.39, 0.29) is 17.0 Å². The SMILES string of the molecule is COc1ccc(S(=O)(=O)N(CC(=O)O)c2ccc(N(Cc3ccc(Cl)cc3)[C@@H](C)CC(=O)O)c3ccccc23)cc1. The van der Waals surface area contributed by atoms with Crippen LogP contribution in [0.2, 0.25) is 5.02 Å². The zero-order valence-corrected chi connectivity index (χ0v) is 24.0. The van der Waals surface area contributed by atoms with Gasteiger partial charge in [-0.3, -0.25) is 13.9 Å². The quantitative estimate of drug-likeness (QED) is 0.215. The smallest absolute Gasteiger partial charge is 0.324 e. The van der Waals surface area contributed by atoms with E-state index in [4.69, 9.17) is 16.3 Å². The van der Waals surface area contributed by atoms with Crippen molar-refractivity contribution in [3.63, 3.8) is 0 Å². The topological polar surface area (TPSA) is 124 Å². The van der Waals surface area contributed by atoms with E-state index in [0.717, 1.165) is 9.87 Å². The van der Waals surface area contributed by atoms with Crippen molar-refractivity contribution in [1.82, 2.24) is 0 Å². The Morgan fingerprint density at radius 3 is 2.00 bits per heavy atom. The number of anilines is 2. The molecule has 2 N–H and O–H groups in total. The number of rotatable bonds is 12. The van der Waals surface area contributed by atoms with E-state index < -0.39 is 34.5 Å². The van der Waals surface area contributed by atoms with Gasteiger partial charge in [-0.05, 0) is 61.0 Å². The Morgan fingerprint density at radius 2 is 1.44 bits per heavy atom. The second-order valence-corrected chi connectivity index (χ2v) is 11.7. The van der Waals surface area contributed by atoms with Crippen molar-refractivity contribution >= 4 is 55.7 Å². The molecule has 0 bridgehead atoms. The summed E-state index contributed by atoms with van der Waals surface area (Å²) >= 11 is 6.06. The van der Waals surface area contributed by atoms with Gasteiger partial charge in [0, 0.05) is 34.1 Å². The van der Waals surface area contributed by atoms with Gasteiger partial charge in [-0.15, -0.1) is 0 Å². The number of ether oxygens (including phenoxy) is 1. The van der Waals surface area contributed by atoms with Crippen LogP contribution < -0.4 is 13.9 Å². The highest BCUT2D eigenvalue weighted by molar-refractivity contribution is 7.92. The lowest BCUT2D eigenvalue weighted by atomic mass is 10.0. The molecule has 0 aliphatic rings. The molecule has 0 aliphatic heterocycles. The summed E-state index contributed by atoms with van der Waals surface area (Å²) < 4.78 is 33.5. The number of benzene rings is 4. The van der Waals surface area contributed by atoms with Gasteiger partial charge >= 0.3 is 11.9 Å². The first-order valence-corrected chi connectivity index (χ1v) is 14.5. The second kappa shape index (κ2) is 12.5. The number of carboxylic acid groups (broad SMARTS) is 2. The molecular formula is C30H29ClN2O7S. The summed E-state index contributed by atoms with van der Waals surface area (Å²) in [5.74, 6) is -1.83. The lowest BCUT2D eigenvalue weighted by Gasteiger charge is -2.33. The van der Waals surface area contributed by atoms with Crippen LogP contribution in [0.5, 0.6) is 5.75 Å². The van der Waals surface area contributed by atoms with Crippen LogP contribution in [0.25, 0.3) is 10.8 Å². The monoisotopic (exact) mass is 596 g/mol. The predicted molar refractivity (Wildman–Crippen MR) is 158 cm³/mol. The summed E-state index contributed by atoms with van der Waals surface area (Å²) in [6, 6.07) is 22.8. The average molecular weight is 597 g/mol. The van der Waals surface area contributed by atoms with Crippen molar-refractivity contribution in [2.45, 2.75) is 30.8 Å². The average Bonchev–Trinajstić information content (AvgIpc) is 2.95. The molecule has 0 heterocycles. The Balaban J connectivity index is 1.87. The number of fused-ring (bicyclic) bond motifs is 1. The van der Waals surface area contributed by atoms with E-state index in [2.05, 4.69) is 0 Å². The maximum absolute atomic E-state index is 13.8. The fraction of sp³-hybridized carbons (Fsp3) is 0.200. The Bertz CT molecular complexity index is 1660. The van der Waals surface area contributed by atoms with E-state index in [1.807, 2.05) is 17.0 Å². The van der Waals surface area contributed by atoms with Gasteiger partial charge < -0.3 is 19.8 Å². The van der Waals surface area contributed by atoms with Gasteiger partial charge in [-0.1, -0.05) is 48.0 Å². The van der Waals surface area contributed by atoms with Crippen LogP contribution in [-0.4, -0.2) is 50.3 Å². The zero-order valence-electron chi connectivity index (χ0n) is 22.4. The first-order chi connectivity index (χ1) is 19.5. The standard InChI is InChI=1S/C30H29ClN2O7S/c1-20(17-29(34)35)32(18-21-7-9-22(31)10-8-21)27-15-16-28(26-6-4-3-5-25(26)27)33(19-30(36)37)41(38,39)24-13-11-23(40-2)12-14-24/h3-16,20H,17-19H2,1-2H3,(H,34,35)(H,36,37)/t20-/m0/s1. The highest BCUT2D eigenvalue weighted by Gasteiger charge is 2.30. The third-order valence-corrected chi connectivity index (χ3v) is 8.68. The summed E-state index contributed by atoms with van der Waals surface area (Å²) in [4.78, 5) is 25.4. The molecule has 4 aromatic carbocycles. The molecule has 9 nitrogen and oxygen atoms in total. The molecule has 0 spiro atoms. The molecule has 0 saturated heterocycles. The molecule has 0 aliphatic carbocycles. The van der Waals surface area contributed by atoms with Crippen LogP contribution in [-0.2, 0) is 26.2 Å². The van der Waals surface area contributed by atoms with Crippen molar-refractivity contribution < 1.29 is 33.0 Å². The number of halogens is 1. The highest BCUT2D eigenvalue weighted by atomic mass is 35.5. The molecule has 0 radical (unpaired) electrons. The van der Waals surface area contributed by atoms with Gasteiger partial charge in [0.1, 0.15) is 12.3 Å². The van der Waals surface area contributed by atoms with E-state index in [0.29, 0.717) is 33.8 Å². The summed E-state index contributed by atoms with van der Waals surface area (Å²) in [5, 5.41) is 20.9. The molecule has 4 rings (SSSR count). The molecular weight excluding hydrogens is 568 g/mol. The summed E-state index contributed by atoms with van der Waals surface area (Å²) in [7, 11) is -2.83. The Morgan fingerprint density at radius 1 is 0.854 bits per heavy atom. The molecule has 41 heavy (non-hydrogen) atoms. The number of hydrogen-bond donors (Lipinski definition) is 2. The van der Waals surface area contributed by atoms with Gasteiger partial charge in [0.15, 0.2) is 0 Å². The number of sulfonamides is 1. The van der Waals surface area contributed by atoms with Crippen molar-refractivity contribution in [3.8, 4) is 5.75 Å². The van der Waals surface area contributed by atoms with Crippen LogP contribution in [0.4, 0.5) is 11.4 Å². The minimum absolute atomic E-state index is 0.0906. The molecule has 0 fully saturated rings. The molecule has 1 atom stereocenters. The summed E-state index contributed by atoms with van der Waals surface area (Å²) in [6.45, 7) is 1.36. The van der Waals surface area contributed by atoms with Crippen LogP contribution in [0.15, 0.2) is 89.8 Å². The molecule has 0 saturated carbocycles. The third kappa shape index (κ3) is 6.72. The minimum atomic E-state index is -4.29. The van der Waals surface area contributed by atoms with Crippen LogP contribution in [0, 0.1) is 0 Å². The Labute approximate surface area is 243 Å². The van der Waals surface area contributed by atoms with Crippen LogP contribution in [0.1, 0.15) is 18.9 Å². The lowest BCUT2D eigenvalue weighted by molar-refractivity contribution is -0.137. The van der Waals surface area contributed by atoms with Gasteiger partial charge in [-0.2, -0.15) is 0 Å². The first-order valence-electron chi connectivity index (χ1n) is 12.6.